The molecule has 13 heavy (non-hydrogen) atoms. The molecule has 0 aliphatic carbocycles. The van der Waals surface area contributed by atoms with Gasteiger partial charge in [0.2, 0.25) is 0 Å². The number of nitrogens with two attached hydrogens (primary N) is 2. The predicted molar refractivity (Wildman–Crippen MR) is 59.3 cm³/mol. The molecular weight excluding hydrogens is 207 g/mol. The topological polar surface area (TPSA) is 52.0 Å². The van der Waals surface area contributed by atoms with Crippen molar-refractivity contribution in [3.05, 3.63) is 34.9 Å². The SMILES string of the molecule is Cl.NCC[C@H](N)c1cccc(Cl)c1. The molecule has 2 nitrogen and oxygen atoms in total. The van der Waals surface area contributed by atoms with E-state index in [4.69, 9.17) is 23.1 Å². The summed E-state index contributed by atoms with van der Waals surface area (Å²) >= 11 is 5.80. The second kappa shape index (κ2) is 6.22. The fourth-order valence-electron chi connectivity index (χ4n) is 1.08. The molecular formula is C9H14Cl2N2. The van der Waals surface area contributed by atoms with Crippen LogP contribution in [0.1, 0.15) is 18.0 Å². The Kier molecular flexibility index (Phi) is 6.08. The van der Waals surface area contributed by atoms with Gasteiger partial charge in [-0.05, 0) is 30.7 Å². The van der Waals surface area contributed by atoms with Gasteiger partial charge in [-0.15, -0.1) is 12.4 Å². The largest absolute Gasteiger partial charge is 0.330 e. The van der Waals surface area contributed by atoms with Crippen molar-refractivity contribution in [1.29, 1.82) is 0 Å². The standard InChI is InChI=1S/C9H13ClN2.ClH/c10-8-3-1-2-7(6-8)9(12)4-5-11;/h1-3,6,9H,4-5,11-12H2;1H/t9-;/m0./s1. The highest BCUT2D eigenvalue weighted by Crippen LogP contribution is 2.17. The van der Waals surface area contributed by atoms with E-state index in [0.717, 1.165) is 17.0 Å². The molecule has 0 spiro atoms. The summed E-state index contributed by atoms with van der Waals surface area (Å²) < 4.78 is 0. The summed E-state index contributed by atoms with van der Waals surface area (Å²) in [4.78, 5) is 0. The van der Waals surface area contributed by atoms with Gasteiger partial charge in [0.15, 0.2) is 0 Å². The van der Waals surface area contributed by atoms with Crippen molar-refractivity contribution in [3.8, 4) is 0 Å². The first kappa shape index (κ1) is 12.7. The van der Waals surface area contributed by atoms with E-state index in [1.807, 2.05) is 24.3 Å². The first-order valence-corrected chi connectivity index (χ1v) is 4.33. The van der Waals surface area contributed by atoms with E-state index in [9.17, 15) is 0 Å². The minimum atomic E-state index is 0. The molecule has 0 saturated heterocycles. The third-order valence-corrected chi connectivity index (χ3v) is 1.99. The number of hydrogen-bond acceptors (Lipinski definition) is 2. The number of halogens is 2. The van der Waals surface area contributed by atoms with E-state index in [-0.39, 0.29) is 18.4 Å². The molecule has 0 bridgehead atoms. The lowest BCUT2D eigenvalue weighted by Crippen LogP contribution is -2.15. The lowest BCUT2D eigenvalue weighted by Gasteiger charge is -2.10. The summed E-state index contributed by atoms with van der Waals surface area (Å²) in [6.07, 6.45) is 0.792. The summed E-state index contributed by atoms with van der Waals surface area (Å²) in [6, 6.07) is 7.58. The molecule has 0 aliphatic rings. The lowest BCUT2D eigenvalue weighted by atomic mass is 10.1. The van der Waals surface area contributed by atoms with Crippen LogP contribution in [-0.4, -0.2) is 6.54 Å². The van der Waals surface area contributed by atoms with Crippen molar-refractivity contribution >= 4 is 24.0 Å². The second-order valence-electron chi connectivity index (χ2n) is 2.74. The highest BCUT2D eigenvalue weighted by molar-refractivity contribution is 6.30. The molecule has 74 valence electrons. The Hall–Kier alpha value is -0.280. The monoisotopic (exact) mass is 220 g/mol. The van der Waals surface area contributed by atoms with Gasteiger partial charge >= 0.3 is 0 Å². The Morgan fingerprint density at radius 3 is 2.62 bits per heavy atom. The van der Waals surface area contributed by atoms with Gasteiger partial charge in [0.25, 0.3) is 0 Å². The summed E-state index contributed by atoms with van der Waals surface area (Å²) in [5.74, 6) is 0. The summed E-state index contributed by atoms with van der Waals surface area (Å²) in [6.45, 7) is 0.605. The van der Waals surface area contributed by atoms with Gasteiger partial charge in [-0.25, -0.2) is 0 Å². The van der Waals surface area contributed by atoms with Crippen molar-refractivity contribution in [2.75, 3.05) is 6.54 Å². The zero-order valence-electron chi connectivity index (χ0n) is 7.24. The van der Waals surface area contributed by atoms with Crippen molar-refractivity contribution in [2.45, 2.75) is 12.5 Å². The fourth-order valence-corrected chi connectivity index (χ4v) is 1.28. The number of hydrogen-bond donors (Lipinski definition) is 2. The van der Waals surface area contributed by atoms with Crippen LogP contribution >= 0.6 is 24.0 Å². The zero-order chi connectivity index (χ0) is 8.97. The molecule has 1 atom stereocenters. The maximum Gasteiger partial charge on any atom is 0.0409 e. The molecule has 0 amide bonds. The lowest BCUT2D eigenvalue weighted by molar-refractivity contribution is 0.661. The third kappa shape index (κ3) is 3.96. The van der Waals surface area contributed by atoms with Crippen LogP contribution in [0, 0.1) is 0 Å². The van der Waals surface area contributed by atoms with Crippen LogP contribution in [0.15, 0.2) is 24.3 Å². The van der Waals surface area contributed by atoms with E-state index in [0.29, 0.717) is 6.54 Å². The highest BCUT2D eigenvalue weighted by atomic mass is 35.5. The highest BCUT2D eigenvalue weighted by Gasteiger charge is 2.03. The zero-order valence-corrected chi connectivity index (χ0v) is 8.81. The Balaban J connectivity index is 0.00000144. The van der Waals surface area contributed by atoms with E-state index in [2.05, 4.69) is 0 Å². The maximum absolute atomic E-state index is 5.84. The molecule has 0 heterocycles. The Morgan fingerprint density at radius 2 is 2.08 bits per heavy atom. The van der Waals surface area contributed by atoms with E-state index in [1.54, 1.807) is 0 Å². The predicted octanol–water partition coefficient (Wildman–Crippen LogP) is 2.11. The maximum atomic E-state index is 5.84. The Morgan fingerprint density at radius 1 is 1.38 bits per heavy atom. The Bertz CT molecular complexity index is 253. The van der Waals surface area contributed by atoms with Crippen molar-refractivity contribution in [3.63, 3.8) is 0 Å². The minimum absolute atomic E-state index is 0. The molecule has 4 N–H and O–H groups in total. The van der Waals surface area contributed by atoms with E-state index < -0.39 is 0 Å². The molecule has 0 unspecified atom stereocenters. The van der Waals surface area contributed by atoms with Gasteiger partial charge in [0, 0.05) is 11.1 Å². The summed E-state index contributed by atoms with van der Waals surface area (Å²) in [5, 5.41) is 0.722. The molecule has 4 heteroatoms. The van der Waals surface area contributed by atoms with Gasteiger partial charge in [0.1, 0.15) is 0 Å². The number of rotatable bonds is 3. The van der Waals surface area contributed by atoms with Crippen molar-refractivity contribution in [2.24, 2.45) is 11.5 Å². The quantitative estimate of drug-likeness (QED) is 0.821. The van der Waals surface area contributed by atoms with Crippen LogP contribution in [0.5, 0.6) is 0 Å². The number of benzene rings is 1. The van der Waals surface area contributed by atoms with Gasteiger partial charge < -0.3 is 11.5 Å². The van der Waals surface area contributed by atoms with Gasteiger partial charge in [-0.3, -0.25) is 0 Å². The summed E-state index contributed by atoms with van der Waals surface area (Å²) in [5.41, 5.74) is 12.3. The average Bonchev–Trinajstić information content (AvgIpc) is 2.05. The van der Waals surface area contributed by atoms with Crippen LogP contribution < -0.4 is 11.5 Å². The van der Waals surface area contributed by atoms with Crippen molar-refractivity contribution in [1.82, 2.24) is 0 Å². The van der Waals surface area contributed by atoms with Gasteiger partial charge in [0.05, 0.1) is 0 Å². The minimum Gasteiger partial charge on any atom is -0.330 e. The average molecular weight is 221 g/mol. The summed E-state index contributed by atoms with van der Waals surface area (Å²) in [7, 11) is 0. The fraction of sp³-hybridized carbons (Fsp3) is 0.333. The normalized spacial score (nSPS) is 11.9. The van der Waals surface area contributed by atoms with Gasteiger partial charge in [-0.2, -0.15) is 0 Å². The molecule has 0 fully saturated rings. The molecule has 0 aromatic heterocycles. The molecule has 1 aromatic rings. The van der Waals surface area contributed by atoms with Crippen LogP contribution in [0.25, 0.3) is 0 Å². The van der Waals surface area contributed by atoms with Gasteiger partial charge in [-0.1, -0.05) is 23.7 Å². The molecule has 0 saturated carbocycles. The van der Waals surface area contributed by atoms with E-state index >= 15 is 0 Å². The first-order valence-electron chi connectivity index (χ1n) is 3.95. The van der Waals surface area contributed by atoms with Crippen LogP contribution in [-0.2, 0) is 0 Å². The smallest absolute Gasteiger partial charge is 0.0409 e. The second-order valence-corrected chi connectivity index (χ2v) is 3.18. The molecule has 0 aliphatic heterocycles. The van der Waals surface area contributed by atoms with Crippen LogP contribution in [0.3, 0.4) is 0 Å². The first-order chi connectivity index (χ1) is 5.74. The molecule has 1 rings (SSSR count). The Labute approximate surface area is 89.7 Å². The third-order valence-electron chi connectivity index (χ3n) is 1.75. The van der Waals surface area contributed by atoms with Crippen LogP contribution in [0.4, 0.5) is 0 Å². The van der Waals surface area contributed by atoms with E-state index in [1.165, 1.54) is 0 Å². The van der Waals surface area contributed by atoms with Crippen molar-refractivity contribution < 1.29 is 0 Å². The molecule has 1 aromatic carbocycles. The van der Waals surface area contributed by atoms with Crippen LogP contribution in [0.2, 0.25) is 5.02 Å². The molecule has 0 radical (unpaired) electrons.